The van der Waals surface area contributed by atoms with Crippen molar-refractivity contribution < 1.29 is 14.3 Å². The Morgan fingerprint density at radius 2 is 2.38 bits per heavy atom. The summed E-state index contributed by atoms with van der Waals surface area (Å²) in [7, 11) is 0. The van der Waals surface area contributed by atoms with Gasteiger partial charge >= 0.3 is 5.97 Å². The standard InChI is InChI=1S/C8H4BrNO3/c9-6-3-13-7-5(6)1-4(2-10-7)8(11)12/h1-3H,(H,11,12). The molecule has 0 radical (unpaired) electrons. The zero-order chi connectivity index (χ0) is 9.42. The van der Waals surface area contributed by atoms with Crippen molar-refractivity contribution in [2.45, 2.75) is 0 Å². The molecule has 2 rings (SSSR count). The fraction of sp³-hybridized carbons (Fsp3) is 0. The maximum atomic E-state index is 10.6. The van der Waals surface area contributed by atoms with Crippen molar-refractivity contribution in [3.8, 4) is 0 Å². The second-order valence-electron chi connectivity index (χ2n) is 2.47. The van der Waals surface area contributed by atoms with Gasteiger partial charge in [0.25, 0.3) is 0 Å². The number of hydrogen-bond acceptors (Lipinski definition) is 3. The average molecular weight is 242 g/mol. The summed E-state index contributed by atoms with van der Waals surface area (Å²) < 4.78 is 5.74. The summed E-state index contributed by atoms with van der Waals surface area (Å²) >= 11 is 3.22. The molecular weight excluding hydrogens is 238 g/mol. The average Bonchev–Trinajstić information content (AvgIpc) is 2.47. The van der Waals surface area contributed by atoms with E-state index in [9.17, 15) is 4.79 Å². The summed E-state index contributed by atoms with van der Waals surface area (Å²) in [4.78, 5) is 14.4. The van der Waals surface area contributed by atoms with Crippen molar-refractivity contribution in [2.24, 2.45) is 0 Å². The Kier molecular flexibility index (Phi) is 1.81. The van der Waals surface area contributed by atoms with Gasteiger partial charge < -0.3 is 9.52 Å². The Balaban J connectivity index is 2.72. The van der Waals surface area contributed by atoms with Crippen LogP contribution in [0.5, 0.6) is 0 Å². The molecule has 2 aromatic heterocycles. The van der Waals surface area contributed by atoms with Gasteiger partial charge in [-0.3, -0.25) is 0 Å². The first-order chi connectivity index (χ1) is 6.18. The van der Waals surface area contributed by atoms with E-state index in [0.717, 1.165) is 0 Å². The van der Waals surface area contributed by atoms with Gasteiger partial charge in [-0.05, 0) is 22.0 Å². The van der Waals surface area contributed by atoms with Gasteiger partial charge in [-0.2, -0.15) is 0 Å². The van der Waals surface area contributed by atoms with Crippen LogP contribution >= 0.6 is 15.9 Å². The number of fused-ring (bicyclic) bond motifs is 1. The first-order valence-corrected chi connectivity index (χ1v) is 4.24. The van der Waals surface area contributed by atoms with Gasteiger partial charge in [-0.15, -0.1) is 0 Å². The Morgan fingerprint density at radius 1 is 1.62 bits per heavy atom. The van der Waals surface area contributed by atoms with Crippen molar-refractivity contribution in [3.63, 3.8) is 0 Å². The lowest BCUT2D eigenvalue weighted by Gasteiger charge is -1.92. The topological polar surface area (TPSA) is 63.3 Å². The van der Waals surface area contributed by atoms with Crippen LogP contribution in [0.4, 0.5) is 0 Å². The number of aromatic nitrogens is 1. The molecule has 0 saturated carbocycles. The lowest BCUT2D eigenvalue weighted by molar-refractivity contribution is 0.0696. The number of carbonyl (C=O) groups is 1. The Bertz CT molecular complexity index is 477. The summed E-state index contributed by atoms with van der Waals surface area (Å²) in [6.45, 7) is 0. The second kappa shape index (κ2) is 2.85. The number of aromatic carboxylic acids is 1. The van der Waals surface area contributed by atoms with Crippen LogP contribution in [0.2, 0.25) is 0 Å². The first-order valence-electron chi connectivity index (χ1n) is 3.44. The van der Waals surface area contributed by atoms with Gasteiger partial charge in [0.1, 0.15) is 6.26 Å². The molecule has 2 heterocycles. The zero-order valence-corrected chi connectivity index (χ0v) is 7.91. The number of nitrogens with zero attached hydrogens (tertiary/aromatic N) is 1. The van der Waals surface area contributed by atoms with Crippen LogP contribution < -0.4 is 0 Å². The smallest absolute Gasteiger partial charge is 0.337 e. The van der Waals surface area contributed by atoms with Crippen molar-refractivity contribution in [3.05, 3.63) is 28.6 Å². The molecule has 4 nitrogen and oxygen atoms in total. The quantitative estimate of drug-likeness (QED) is 0.833. The zero-order valence-electron chi connectivity index (χ0n) is 6.32. The molecule has 5 heteroatoms. The predicted molar refractivity (Wildman–Crippen MR) is 48.7 cm³/mol. The lowest BCUT2D eigenvalue weighted by Crippen LogP contribution is -1.96. The minimum atomic E-state index is -0.998. The van der Waals surface area contributed by atoms with Crippen LogP contribution in [-0.2, 0) is 0 Å². The Morgan fingerprint density at radius 3 is 3.08 bits per heavy atom. The molecular formula is C8H4BrNO3. The van der Waals surface area contributed by atoms with Crippen LogP contribution in [0.15, 0.2) is 27.4 Å². The third-order valence-electron chi connectivity index (χ3n) is 1.63. The predicted octanol–water partition coefficient (Wildman–Crippen LogP) is 2.29. The molecule has 0 bridgehead atoms. The molecule has 2 aromatic rings. The highest BCUT2D eigenvalue weighted by Gasteiger charge is 2.09. The van der Waals surface area contributed by atoms with Gasteiger partial charge in [0, 0.05) is 6.20 Å². The molecule has 0 aliphatic heterocycles. The van der Waals surface area contributed by atoms with Crippen molar-refractivity contribution in [1.29, 1.82) is 0 Å². The summed E-state index contributed by atoms with van der Waals surface area (Å²) in [5, 5.41) is 9.35. The minimum absolute atomic E-state index is 0.148. The van der Waals surface area contributed by atoms with Crippen LogP contribution in [0.3, 0.4) is 0 Å². The fourth-order valence-electron chi connectivity index (χ4n) is 1.01. The van der Waals surface area contributed by atoms with Crippen molar-refractivity contribution in [1.82, 2.24) is 4.98 Å². The molecule has 0 saturated heterocycles. The highest BCUT2D eigenvalue weighted by atomic mass is 79.9. The van der Waals surface area contributed by atoms with E-state index >= 15 is 0 Å². The van der Waals surface area contributed by atoms with E-state index < -0.39 is 5.97 Å². The SMILES string of the molecule is O=C(O)c1cnc2occ(Br)c2c1. The highest BCUT2D eigenvalue weighted by molar-refractivity contribution is 9.10. The third kappa shape index (κ3) is 1.31. The molecule has 0 unspecified atom stereocenters. The van der Waals surface area contributed by atoms with E-state index in [1.54, 1.807) is 0 Å². The maximum Gasteiger partial charge on any atom is 0.337 e. The number of carboxylic acids is 1. The van der Waals surface area contributed by atoms with Gasteiger partial charge in [0.05, 0.1) is 15.4 Å². The van der Waals surface area contributed by atoms with Gasteiger partial charge in [0.15, 0.2) is 0 Å². The highest BCUT2D eigenvalue weighted by Crippen LogP contribution is 2.24. The molecule has 13 heavy (non-hydrogen) atoms. The fourth-order valence-corrected chi connectivity index (χ4v) is 1.38. The monoisotopic (exact) mass is 241 g/mol. The molecule has 1 N–H and O–H groups in total. The second-order valence-corrected chi connectivity index (χ2v) is 3.32. The molecule has 0 aliphatic carbocycles. The summed E-state index contributed by atoms with van der Waals surface area (Å²) in [5.41, 5.74) is 0.575. The van der Waals surface area contributed by atoms with Crippen LogP contribution in [0.1, 0.15) is 10.4 Å². The molecule has 0 aromatic carbocycles. The summed E-state index contributed by atoms with van der Waals surface area (Å²) in [6, 6.07) is 1.51. The van der Waals surface area contributed by atoms with Gasteiger partial charge in [-0.25, -0.2) is 9.78 Å². The number of furan rings is 1. The molecule has 0 atom stereocenters. The minimum Gasteiger partial charge on any atom is -0.478 e. The Labute approximate surface area is 81.3 Å². The molecule has 66 valence electrons. The largest absolute Gasteiger partial charge is 0.478 e. The number of hydrogen-bond donors (Lipinski definition) is 1. The third-order valence-corrected chi connectivity index (χ3v) is 2.24. The summed E-state index contributed by atoms with van der Waals surface area (Å²) in [5.74, 6) is -0.998. The van der Waals surface area contributed by atoms with E-state index in [-0.39, 0.29) is 5.56 Å². The van der Waals surface area contributed by atoms with Gasteiger partial charge in [0.2, 0.25) is 5.71 Å². The van der Waals surface area contributed by atoms with E-state index in [0.29, 0.717) is 15.6 Å². The molecule has 0 fully saturated rings. The van der Waals surface area contributed by atoms with Crippen molar-refractivity contribution in [2.75, 3.05) is 0 Å². The van der Waals surface area contributed by atoms with Crippen LogP contribution in [0.25, 0.3) is 11.1 Å². The number of pyridine rings is 1. The number of halogens is 1. The van der Waals surface area contributed by atoms with Crippen molar-refractivity contribution >= 4 is 33.0 Å². The first kappa shape index (κ1) is 8.25. The molecule has 0 aliphatic rings. The van der Waals surface area contributed by atoms with E-state index in [4.69, 9.17) is 9.52 Å². The van der Waals surface area contributed by atoms with E-state index in [1.807, 2.05) is 0 Å². The summed E-state index contributed by atoms with van der Waals surface area (Å²) in [6.07, 6.45) is 2.74. The normalized spacial score (nSPS) is 10.5. The van der Waals surface area contributed by atoms with E-state index in [2.05, 4.69) is 20.9 Å². The van der Waals surface area contributed by atoms with Gasteiger partial charge in [-0.1, -0.05) is 0 Å². The Hall–Kier alpha value is -1.36. The maximum absolute atomic E-state index is 10.6. The molecule has 0 amide bonds. The number of rotatable bonds is 1. The lowest BCUT2D eigenvalue weighted by atomic mass is 10.2. The number of carboxylic acid groups (broad SMARTS) is 1. The van der Waals surface area contributed by atoms with Crippen LogP contribution in [0, 0.1) is 0 Å². The van der Waals surface area contributed by atoms with E-state index in [1.165, 1.54) is 18.5 Å². The molecule has 0 spiro atoms. The van der Waals surface area contributed by atoms with Crippen LogP contribution in [-0.4, -0.2) is 16.1 Å².